The first-order valence-electron chi connectivity index (χ1n) is 10.2. The number of amides is 2. The lowest BCUT2D eigenvalue weighted by Crippen LogP contribution is -2.43. The predicted octanol–water partition coefficient (Wildman–Crippen LogP) is 2.67. The largest absolute Gasteiger partial charge is 0.482 e. The molecule has 31 heavy (non-hydrogen) atoms. The summed E-state index contributed by atoms with van der Waals surface area (Å²) in [7, 11) is -3.82. The number of hydrogen-bond acceptors (Lipinski definition) is 5. The fourth-order valence-corrected chi connectivity index (χ4v) is 5.42. The molecule has 0 saturated carbocycles. The van der Waals surface area contributed by atoms with Gasteiger partial charge in [0.15, 0.2) is 6.61 Å². The van der Waals surface area contributed by atoms with Gasteiger partial charge in [-0.05, 0) is 62.1 Å². The molecule has 1 unspecified atom stereocenters. The Hall–Kier alpha value is -2.91. The number of benzene rings is 2. The monoisotopic (exact) mass is 443 g/mol. The number of carbonyl (C=O) groups is 2. The van der Waals surface area contributed by atoms with Crippen LogP contribution in [0, 0.1) is 19.8 Å². The molecule has 8 nitrogen and oxygen atoms in total. The van der Waals surface area contributed by atoms with Crippen LogP contribution in [0.25, 0.3) is 0 Å². The lowest BCUT2D eigenvalue weighted by atomic mass is 9.98. The Kier molecular flexibility index (Phi) is 5.72. The van der Waals surface area contributed by atoms with Crippen LogP contribution in [0.3, 0.4) is 0 Å². The van der Waals surface area contributed by atoms with E-state index in [1.54, 1.807) is 0 Å². The van der Waals surface area contributed by atoms with Gasteiger partial charge in [-0.25, -0.2) is 8.42 Å². The minimum atomic E-state index is -3.82. The normalized spacial score (nSPS) is 19.2. The summed E-state index contributed by atoms with van der Waals surface area (Å²) in [5, 5.41) is 5.58. The van der Waals surface area contributed by atoms with Gasteiger partial charge < -0.3 is 15.4 Å². The lowest BCUT2D eigenvalue weighted by Gasteiger charge is -2.31. The van der Waals surface area contributed by atoms with Crippen molar-refractivity contribution in [3.8, 4) is 5.75 Å². The standard InChI is InChI=1S/C22H25N3O5S/c1-14-5-3-7-18(15(14)2)24-22(27)16-6-4-10-25(12-16)31(28,29)17-8-9-20-19(11-17)23-21(26)13-30-20/h3,5,7-9,11,16H,4,6,10,12-13H2,1-2H3,(H,23,26)(H,24,27). The number of nitrogens with one attached hydrogen (secondary N) is 2. The maximum Gasteiger partial charge on any atom is 0.262 e. The molecule has 2 heterocycles. The molecule has 2 amide bonds. The van der Waals surface area contributed by atoms with E-state index in [1.165, 1.54) is 22.5 Å². The highest BCUT2D eigenvalue weighted by Crippen LogP contribution is 2.32. The van der Waals surface area contributed by atoms with E-state index in [2.05, 4.69) is 10.6 Å². The zero-order valence-electron chi connectivity index (χ0n) is 17.5. The molecule has 2 aliphatic heterocycles. The van der Waals surface area contributed by atoms with E-state index in [1.807, 2.05) is 32.0 Å². The van der Waals surface area contributed by atoms with E-state index < -0.39 is 15.9 Å². The van der Waals surface area contributed by atoms with Crippen molar-refractivity contribution in [2.75, 3.05) is 30.3 Å². The molecule has 9 heteroatoms. The zero-order valence-corrected chi connectivity index (χ0v) is 18.3. The fourth-order valence-electron chi connectivity index (χ4n) is 3.87. The molecule has 2 aliphatic rings. The first-order chi connectivity index (χ1) is 14.8. The highest BCUT2D eigenvalue weighted by atomic mass is 32.2. The average molecular weight is 444 g/mol. The summed E-state index contributed by atoms with van der Waals surface area (Å²) < 4.78 is 33.1. The van der Waals surface area contributed by atoms with Crippen LogP contribution in [0.5, 0.6) is 5.75 Å². The summed E-state index contributed by atoms with van der Waals surface area (Å²) in [6, 6.07) is 10.1. The van der Waals surface area contributed by atoms with Crippen LogP contribution in [0.2, 0.25) is 0 Å². The number of ether oxygens (including phenoxy) is 1. The van der Waals surface area contributed by atoms with Gasteiger partial charge in [0.25, 0.3) is 5.91 Å². The van der Waals surface area contributed by atoms with Gasteiger partial charge in [-0.3, -0.25) is 9.59 Å². The number of anilines is 2. The number of hydrogen-bond donors (Lipinski definition) is 2. The molecule has 1 fully saturated rings. The van der Waals surface area contributed by atoms with E-state index >= 15 is 0 Å². The second kappa shape index (κ2) is 8.32. The van der Waals surface area contributed by atoms with Gasteiger partial charge in [0, 0.05) is 18.8 Å². The number of carbonyl (C=O) groups excluding carboxylic acids is 2. The number of nitrogens with zero attached hydrogens (tertiary/aromatic N) is 1. The molecule has 0 spiro atoms. The van der Waals surface area contributed by atoms with E-state index in [0.717, 1.165) is 16.8 Å². The number of piperidine rings is 1. The van der Waals surface area contributed by atoms with Gasteiger partial charge in [0.2, 0.25) is 15.9 Å². The van der Waals surface area contributed by atoms with Crippen molar-refractivity contribution in [3.05, 3.63) is 47.5 Å². The Morgan fingerprint density at radius 3 is 2.84 bits per heavy atom. The van der Waals surface area contributed by atoms with Gasteiger partial charge in [0.1, 0.15) is 5.75 Å². The second-order valence-corrected chi connectivity index (χ2v) is 9.87. The third-order valence-electron chi connectivity index (χ3n) is 5.84. The lowest BCUT2D eigenvalue weighted by molar-refractivity contribution is -0.121. The van der Waals surface area contributed by atoms with E-state index in [-0.39, 0.29) is 29.9 Å². The first kappa shape index (κ1) is 21.3. The summed E-state index contributed by atoms with van der Waals surface area (Å²) >= 11 is 0. The third kappa shape index (κ3) is 4.28. The molecule has 0 aromatic heterocycles. The molecule has 1 atom stereocenters. The molecular formula is C22H25N3O5S. The minimum absolute atomic E-state index is 0.0626. The summed E-state index contributed by atoms with van der Waals surface area (Å²) in [6.07, 6.45) is 1.21. The van der Waals surface area contributed by atoms with Crippen LogP contribution in [-0.4, -0.2) is 44.2 Å². The third-order valence-corrected chi connectivity index (χ3v) is 7.70. The Morgan fingerprint density at radius 2 is 2.03 bits per heavy atom. The second-order valence-electron chi connectivity index (χ2n) is 7.93. The molecule has 2 N–H and O–H groups in total. The predicted molar refractivity (Wildman–Crippen MR) is 117 cm³/mol. The van der Waals surface area contributed by atoms with Crippen LogP contribution >= 0.6 is 0 Å². The Balaban J connectivity index is 1.51. The molecule has 2 aromatic carbocycles. The van der Waals surface area contributed by atoms with Gasteiger partial charge in [-0.1, -0.05) is 12.1 Å². The van der Waals surface area contributed by atoms with E-state index in [4.69, 9.17) is 4.74 Å². The van der Waals surface area contributed by atoms with Crippen LogP contribution in [0.1, 0.15) is 24.0 Å². The Bertz CT molecular complexity index is 1150. The topological polar surface area (TPSA) is 105 Å². The highest BCUT2D eigenvalue weighted by molar-refractivity contribution is 7.89. The van der Waals surface area contributed by atoms with Crippen molar-refractivity contribution in [1.82, 2.24) is 4.31 Å². The van der Waals surface area contributed by atoms with Gasteiger partial charge in [-0.2, -0.15) is 4.31 Å². The van der Waals surface area contributed by atoms with Crippen molar-refractivity contribution < 1.29 is 22.7 Å². The minimum Gasteiger partial charge on any atom is -0.482 e. The highest BCUT2D eigenvalue weighted by Gasteiger charge is 2.34. The number of aryl methyl sites for hydroxylation is 1. The zero-order chi connectivity index (χ0) is 22.2. The smallest absolute Gasteiger partial charge is 0.262 e. The molecule has 2 aromatic rings. The summed E-state index contributed by atoms with van der Waals surface area (Å²) in [4.78, 5) is 24.5. The van der Waals surface area contributed by atoms with Gasteiger partial charge in [0.05, 0.1) is 16.5 Å². The Morgan fingerprint density at radius 1 is 1.23 bits per heavy atom. The molecule has 0 aliphatic carbocycles. The molecule has 164 valence electrons. The number of rotatable bonds is 4. The van der Waals surface area contributed by atoms with Crippen molar-refractivity contribution in [3.63, 3.8) is 0 Å². The molecule has 0 radical (unpaired) electrons. The maximum atomic E-state index is 13.2. The van der Waals surface area contributed by atoms with Crippen LogP contribution in [0.15, 0.2) is 41.3 Å². The summed E-state index contributed by atoms with van der Waals surface area (Å²) in [6.45, 7) is 4.28. The van der Waals surface area contributed by atoms with Gasteiger partial charge >= 0.3 is 0 Å². The maximum absolute atomic E-state index is 13.2. The molecule has 4 rings (SSSR count). The Labute approximate surface area is 181 Å². The van der Waals surface area contributed by atoms with Crippen LogP contribution in [0.4, 0.5) is 11.4 Å². The van der Waals surface area contributed by atoms with E-state index in [0.29, 0.717) is 30.8 Å². The van der Waals surface area contributed by atoms with Crippen LogP contribution in [-0.2, 0) is 19.6 Å². The van der Waals surface area contributed by atoms with Crippen molar-refractivity contribution in [1.29, 1.82) is 0 Å². The fraction of sp³-hybridized carbons (Fsp3) is 0.364. The number of fused-ring (bicyclic) bond motifs is 1. The van der Waals surface area contributed by atoms with Crippen molar-refractivity contribution in [2.24, 2.45) is 5.92 Å². The molecule has 1 saturated heterocycles. The van der Waals surface area contributed by atoms with E-state index in [9.17, 15) is 18.0 Å². The molecular weight excluding hydrogens is 418 g/mol. The summed E-state index contributed by atoms with van der Waals surface area (Å²) in [5.74, 6) is -0.519. The number of sulfonamides is 1. The SMILES string of the molecule is Cc1cccc(NC(=O)C2CCCN(S(=O)(=O)c3ccc4c(c3)NC(=O)CO4)C2)c1C. The summed E-state index contributed by atoms with van der Waals surface area (Å²) in [5.41, 5.74) is 3.15. The van der Waals surface area contributed by atoms with Gasteiger partial charge in [-0.15, -0.1) is 0 Å². The quantitative estimate of drug-likeness (QED) is 0.756. The average Bonchev–Trinajstić information content (AvgIpc) is 2.76. The van der Waals surface area contributed by atoms with Crippen molar-refractivity contribution >= 4 is 33.2 Å². The van der Waals surface area contributed by atoms with Crippen molar-refractivity contribution in [2.45, 2.75) is 31.6 Å². The molecule has 0 bridgehead atoms. The van der Waals surface area contributed by atoms with Crippen LogP contribution < -0.4 is 15.4 Å². The first-order valence-corrected chi connectivity index (χ1v) is 11.6.